The molecule has 8 heteroatoms. The van der Waals surface area contributed by atoms with Crippen LogP contribution in [0.5, 0.6) is 11.5 Å². The number of aromatic nitrogens is 4. The molecular formula is C29H27N5O3. The predicted octanol–water partition coefficient (Wildman–Crippen LogP) is 4.71. The van der Waals surface area contributed by atoms with Gasteiger partial charge in [0.05, 0.1) is 31.3 Å². The van der Waals surface area contributed by atoms with Crippen molar-refractivity contribution in [1.29, 1.82) is 0 Å². The van der Waals surface area contributed by atoms with Crippen LogP contribution in [0.15, 0.2) is 97.3 Å². The summed E-state index contributed by atoms with van der Waals surface area (Å²) in [5.74, 6) is 0.928. The Morgan fingerprint density at radius 1 is 0.811 bits per heavy atom. The number of ether oxygens (including phenoxy) is 2. The highest BCUT2D eigenvalue weighted by molar-refractivity contribution is 5.99. The number of nitrogens with zero attached hydrogens (tertiary/aromatic N) is 4. The van der Waals surface area contributed by atoms with Gasteiger partial charge in [-0.05, 0) is 48.0 Å². The second kappa shape index (κ2) is 10.8. The predicted molar refractivity (Wildman–Crippen MR) is 142 cm³/mol. The average molecular weight is 494 g/mol. The molecular weight excluding hydrogens is 466 g/mol. The minimum Gasteiger partial charge on any atom is -0.493 e. The Kier molecular flexibility index (Phi) is 6.98. The van der Waals surface area contributed by atoms with Crippen molar-refractivity contribution in [1.82, 2.24) is 24.9 Å². The molecule has 1 amide bonds. The van der Waals surface area contributed by atoms with E-state index in [0.717, 1.165) is 22.6 Å². The van der Waals surface area contributed by atoms with Gasteiger partial charge in [0.25, 0.3) is 5.91 Å². The number of methoxy groups -OCH3 is 2. The van der Waals surface area contributed by atoms with Crippen molar-refractivity contribution in [2.24, 2.45) is 0 Å². The van der Waals surface area contributed by atoms with Crippen LogP contribution in [0.1, 0.15) is 16.2 Å². The van der Waals surface area contributed by atoms with Gasteiger partial charge in [-0.1, -0.05) is 42.5 Å². The number of carbonyl (C=O) groups is 1. The minimum absolute atomic E-state index is 0.262. The molecule has 0 unspecified atom stereocenters. The Labute approximate surface area is 215 Å². The van der Waals surface area contributed by atoms with E-state index in [-0.39, 0.29) is 5.91 Å². The highest BCUT2D eigenvalue weighted by Crippen LogP contribution is 2.34. The molecule has 37 heavy (non-hydrogen) atoms. The zero-order chi connectivity index (χ0) is 25.6. The molecule has 0 atom stereocenters. The molecule has 3 aromatic carbocycles. The second-order valence-corrected chi connectivity index (χ2v) is 8.33. The first-order valence-corrected chi connectivity index (χ1v) is 11.9. The van der Waals surface area contributed by atoms with Crippen LogP contribution < -0.4 is 14.8 Å². The first-order valence-electron chi connectivity index (χ1n) is 11.9. The number of hydrogen-bond acceptors (Lipinski definition) is 5. The maximum Gasteiger partial charge on any atom is 0.272 e. The summed E-state index contributed by atoms with van der Waals surface area (Å²) >= 11 is 0. The van der Waals surface area contributed by atoms with Gasteiger partial charge in [0.2, 0.25) is 0 Å². The van der Waals surface area contributed by atoms with E-state index in [9.17, 15) is 4.79 Å². The van der Waals surface area contributed by atoms with E-state index in [0.29, 0.717) is 35.7 Å². The van der Waals surface area contributed by atoms with Gasteiger partial charge < -0.3 is 14.8 Å². The van der Waals surface area contributed by atoms with Crippen molar-refractivity contribution in [2.45, 2.75) is 6.42 Å². The summed E-state index contributed by atoms with van der Waals surface area (Å²) in [5, 5.41) is 12.3. The van der Waals surface area contributed by atoms with Gasteiger partial charge in [-0.15, -0.1) is 0 Å². The maximum absolute atomic E-state index is 13.3. The Bertz CT molecular complexity index is 1490. The van der Waals surface area contributed by atoms with E-state index in [2.05, 4.69) is 15.5 Å². The highest BCUT2D eigenvalue weighted by atomic mass is 16.5. The molecule has 2 aromatic heterocycles. The van der Waals surface area contributed by atoms with Gasteiger partial charge in [0.1, 0.15) is 0 Å². The first kappa shape index (κ1) is 23.9. The van der Waals surface area contributed by atoms with Crippen molar-refractivity contribution in [2.75, 3.05) is 20.8 Å². The molecule has 8 nitrogen and oxygen atoms in total. The fourth-order valence-electron chi connectivity index (χ4n) is 4.08. The van der Waals surface area contributed by atoms with Gasteiger partial charge in [-0.3, -0.25) is 4.79 Å². The minimum atomic E-state index is -0.262. The van der Waals surface area contributed by atoms with Gasteiger partial charge >= 0.3 is 0 Å². The van der Waals surface area contributed by atoms with Crippen LogP contribution in [0.2, 0.25) is 0 Å². The average Bonchev–Trinajstić information content (AvgIpc) is 3.62. The zero-order valence-corrected chi connectivity index (χ0v) is 20.7. The molecule has 0 spiro atoms. The molecule has 0 aliphatic carbocycles. The Morgan fingerprint density at radius 3 is 2.16 bits per heavy atom. The SMILES string of the molecule is COc1ccc(-c2cn(-c3ccccc3)nc2C(=O)NCCc2ccn(-c3ccccc3)n2)cc1OC. The largest absolute Gasteiger partial charge is 0.493 e. The molecule has 186 valence electrons. The maximum atomic E-state index is 13.3. The number of amides is 1. The lowest BCUT2D eigenvalue weighted by Gasteiger charge is -2.10. The van der Waals surface area contributed by atoms with E-state index in [1.165, 1.54) is 0 Å². The lowest BCUT2D eigenvalue weighted by molar-refractivity contribution is 0.0949. The smallest absolute Gasteiger partial charge is 0.272 e. The Hall–Kier alpha value is -4.85. The van der Waals surface area contributed by atoms with Crippen molar-refractivity contribution >= 4 is 5.91 Å². The van der Waals surface area contributed by atoms with Gasteiger partial charge in [0, 0.05) is 30.9 Å². The summed E-state index contributed by atoms with van der Waals surface area (Å²) in [4.78, 5) is 13.3. The molecule has 0 fully saturated rings. The van der Waals surface area contributed by atoms with Crippen molar-refractivity contribution in [3.8, 4) is 34.0 Å². The number of benzene rings is 3. The van der Waals surface area contributed by atoms with Gasteiger partial charge in [0.15, 0.2) is 17.2 Å². The molecule has 0 radical (unpaired) electrons. The number of hydrogen-bond donors (Lipinski definition) is 1. The van der Waals surface area contributed by atoms with Crippen LogP contribution in [-0.4, -0.2) is 46.2 Å². The van der Waals surface area contributed by atoms with Crippen molar-refractivity contribution < 1.29 is 14.3 Å². The van der Waals surface area contributed by atoms with Crippen LogP contribution >= 0.6 is 0 Å². The van der Waals surface area contributed by atoms with Gasteiger partial charge in [-0.2, -0.15) is 10.2 Å². The molecule has 1 N–H and O–H groups in total. The third-order valence-electron chi connectivity index (χ3n) is 5.98. The monoisotopic (exact) mass is 493 g/mol. The topological polar surface area (TPSA) is 83.2 Å². The second-order valence-electron chi connectivity index (χ2n) is 8.33. The van der Waals surface area contributed by atoms with E-state index < -0.39 is 0 Å². The van der Waals surface area contributed by atoms with E-state index in [4.69, 9.17) is 9.47 Å². The van der Waals surface area contributed by atoms with Crippen molar-refractivity contribution in [3.63, 3.8) is 0 Å². The van der Waals surface area contributed by atoms with E-state index in [1.807, 2.05) is 102 Å². The molecule has 0 aliphatic rings. The zero-order valence-electron chi connectivity index (χ0n) is 20.7. The quantitative estimate of drug-likeness (QED) is 0.321. The molecule has 5 aromatic rings. The number of para-hydroxylation sites is 2. The number of rotatable bonds is 9. The van der Waals surface area contributed by atoms with Crippen LogP contribution in [0.3, 0.4) is 0 Å². The third kappa shape index (κ3) is 5.23. The standard InChI is InChI=1S/C29H27N5O3/c1-36-26-14-13-21(19-27(26)37-2)25-20-34(24-11-7-4-8-12-24)32-28(25)29(35)30-17-15-22-16-18-33(31-22)23-9-5-3-6-10-23/h3-14,16,18-20H,15,17H2,1-2H3,(H,30,35). The summed E-state index contributed by atoms with van der Waals surface area (Å²) in [7, 11) is 3.18. The molecule has 0 aliphatic heterocycles. The Balaban J connectivity index is 1.37. The van der Waals surface area contributed by atoms with Crippen molar-refractivity contribution in [3.05, 3.63) is 109 Å². The summed E-state index contributed by atoms with van der Waals surface area (Å²) in [5.41, 5.74) is 4.55. The van der Waals surface area contributed by atoms with Crippen LogP contribution in [-0.2, 0) is 6.42 Å². The Morgan fingerprint density at radius 2 is 1.49 bits per heavy atom. The first-order chi connectivity index (χ1) is 18.2. The van der Waals surface area contributed by atoms with E-state index in [1.54, 1.807) is 18.9 Å². The normalized spacial score (nSPS) is 10.8. The third-order valence-corrected chi connectivity index (χ3v) is 5.98. The molecule has 0 saturated heterocycles. The number of carbonyl (C=O) groups excluding carboxylic acids is 1. The molecule has 0 bridgehead atoms. The molecule has 2 heterocycles. The fourth-order valence-corrected chi connectivity index (χ4v) is 4.08. The molecule has 5 rings (SSSR count). The van der Waals surface area contributed by atoms with Crippen LogP contribution in [0.25, 0.3) is 22.5 Å². The highest BCUT2D eigenvalue weighted by Gasteiger charge is 2.20. The fraction of sp³-hybridized carbons (Fsp3) is 0.138. The summed E-state index contributed by atoms with van der Waals surface area (Å²) in [6.45, 7) is 0.425. The lowest BCUT2D eigenvalue weighted by Crippen LogP contribution is -2.26. The lowest BCUT2D eigenvalue weighted by atomic mass is 10.1. The molecule has 0 saturated carbocycles. The summed E-state index contributed by atoms with van der Waals surface area (Å²) in [6, 6.07) is 27.1. The van der Waals surface area contributed by atoms with E-state index >= 15 is 0 Å². The summed E-state index contributed by atoms with van der Waals surface area (Å²) in [6.07, 6.45) is 4.37. The summed E-state index contributed by atoms with van der Waals surface area (Å²) < 4.78 is 14.4. The number of nitrogens with one attached hydrogen (secondary N) is 1. The van der Waals surface area contributed by atoms with Crippen LogP contribution in [0.4, 0.5) is 0 Å². The van der Waals surface area contributed by atoms with Crippen LogP contribution in [0, 0.1) is 0 Å². The van der Waals surface area contributed by atoms with Gasteiger partial charge in [-0.25, -0.2) is 9.36 Å².